The predicted molar refractivity (Wildman–Crippen MR) is 127 cm³/mol. The van der Waals surface area contributed by atoms with Crippen LogP contribution in [0.2, 0.25) is 0 Å². The Hall–Kier alpha value is -4.01. The van der Waals surface area contributed by atoms with Crippen LogP contribution in [0.1, 0.15) is 40.5 Å². The summed E-state index contributed by atoms with van der Waals surface area (Å²) in [7, 11) is 2.80. The summed E-state index contributed by atoms with van der Waals surface area (Å²) in [5.74, 6) is 0.624. The number of benzene rings is 1. The molecule has 1 N–H and O–H groups in total. The summed E-state index contributed by atoms with van der Waals surface area (Å²) in [6.07, 6.45) is 6.50. The number of methoxy groups -OCH3 is 2. The number of nitrogens with one attached hydrogen (secondary N) is 1. The van der Waals surface area contributed by atoms with E-state index in [4.69, 9.17) is 9.47 Å². The third kappa shape index (κ3) is 4.68. The monoisotopic (exact) mass is 461 g/mol. The third-order valence-corrected chi connectivity index (χ3v) is 5.97. The molecule has 0 radical (unpaired) electrons. The van der Waals surface area contributed by atoms with Gasteiger partial charge in [0.25, 0.3) is 5.91 Å². The lowest BCUT2D eigenvalue weighted by Gasteiger charge is -2.39. The minimum absolute atomic E-state index is 0.0497. The molecule has 9 heteroatoms. The van der Waals surface area contributed by atoms with E-state index in [1.807, 2.05) is 30.0 Å². The summed E-state index contributed by atoms with van der Waals surface area (Å²) >= 11 is 0. The topological polar surface area (TPSA) is 107 Å². The number of hydrogen-bond acceptors (Lipinski definition) is 8. The Morgan fingerprint density at radius 1 is 1.00 bits per heavy atom. The van der Waals surface area contributed by atoms with Gasteiger partial charge in [-0.05, 0) is 38.0 Å². The number of hydrogen-bond donors (Lipinski definition) is 1. The molecule has 176 valence electrons. The number of amides is 1. The maximum absolute atomic E-state index is 13.7. The summed E-state index contributed by atoms with van der Waals surface area (Å²) in [6.45, 7) is 2.49. The largest absolute Gasteiger partial charge is 0.496 e. The molecule has 1 saturated heterocycles. The Labute approximate surface area is 198 Å². The van der Waals surface area contributed by atoms with Gasteiger partial charge >= 0.3 is 5.97 Å². The molecule has 1 aromatic carbocycles. The average molecular weight is 462 g/mol. The second kappa shape index (κ2) is 10.3. The van der Waals surface area contributed by atoms with Crippen molar-refractivity contribution < 1.29 is 19.1 Å². The van der Waals surface area contributed by atoms with E-state index in [1.54, 1.807) is 36.8 Å². The maximum atomic E-state index is 13.7. The second-order valence-corrected chi connectivity index (χ2v) is 8.07. The molecule has 1 aliphatic rings. The molecule has 0 spiro atoms. The smallest absolute Gasteiger partial charge is 0.345 e. The lowest BCUT2D eigenvalue weighted by molar-refractivity contribution is 0.0591. The number of piperidine rings is 1. The van der Waals surface area contributed by atoms with Gasteiger partial charge in [0.2, 0.25) is 0 Å². The zero-order valence-electron chi connectivity index (χ0n) is 19.4. The molecule has 2 aromatic heterocycles. The van der Waals surface area contributed by atoms with E-state index in [2.05, 4.69) is 20.3 Å². The molecular formula is C25H27N5O4. The normalized spacial score (nSPS) is 17.7. The highest BCUT2D eigenvalue weighted by Gasteiger charge is 2.32. The van der Waals surface area contributed by atoms with Crippen molar-refractivity contribution in [2.75, 3.05) is 26.1 Å². The van der Waals surface area contributed by atoms with Crippen LogP contribution in [0, 0.1) is 0 Å². The standard InChI is InChI=1S/C25H27N5O4/c1-16-9-10-17(29-23-21(25(32)34-3)20(33-2)11-14-28-23)15-30(16)24(31)19-8-5-4-7-18(19)22-26-12-6-13-27-22/h4-8,11-14,16-17H,9-10,15H2,1-3H3,(H,28,29)/t16-,17-/m1/s1. The fourth-order valence-corrected chi connectivity index (χ4v) is 4.18. The summed E-state index contributed by atoms with van der Waals surface area (Å²) in [6, 6.07) is 10.7. The van der Waals surface area contributed by atoms with Crippen molar-refractivity contribution in [3.8, 4) is 17.1 Å². The number of rotatable bonds is 6. The Bertz CT molecular complexity index is 1170. The number of anilines is 1. The fraction of sp³-hybridized carbons (Fsp3) is 0.320. The van der Waals surface area contributed by atoms with Gasteiger partial charge in [-0.1, -0.05) is 18.2 Å². The molecule has 2 atom stereocenters. The Morgan fingerprint density at radius 3 is 2.50 bits per heavy atom. The molecule has 1 amide bonds. The van der Waals surface area contributed by atoms with Gasteiger partial charge in [-0.25, -0.2) is 19.7 Å². The van der Waals surface area contributed by atoms with Crippen LogP contribution < -0.4 is 10.1 Å². The van der Waals surface area contributed by atoms with Gasteiger partial charge in [0, 0.05) is 42.8 Å². The first kappa shape index (κ1) is 23.2. The molecule has 4 rings (SSSR count). The molecule has 0 unspecified atom stereocenters. The van der Waals surface area contributed by atoms with Gasteiger partial charge in [-0.3, -0.25) is 4.79 Å². The van der Waals surface area contributed by atoms with Crippen molar-refractivity contribution in [3.05, 3.63) is 66.1 Å². The summed E-state index contributed by atoms with van der Waals surface area (Å²) in [5, 5.41) is 3.33. The van der Waals surface area contributed by atoms with E-state index in [0.29, 0.717) is 35.1 Å². The summed E-state index contributed by atoms with van der Waals surface area (Å²) in [4.78, 5) is 40.9. The number of esters is 1. The molecule has 0 aliphatic carbocycles. The Morgan fingerprint density at radius 2 is 1.76 bits per heavy atom. The van der Waals surface area contributed by atoms with Crippen molar-refractivity contribution in [3.63, 3.8) is 0 Å². The van der Waals surface area contributed by atoms with Crippen LogP contribution in [-0.2, 0) is 4.74 Å². The number of ether oxygens (including phenoxy) is 2. The Kier molecular flexibility index (Phi) is 7.01. The van der Waals surface area contributed by atoms with Gasteiger partial charge in [0.05, 0.1) is 19.8 Å². The van der Waals surface area contributed by atoms with Crippen molar-refractivity contribution in [1.29, 1.82) is 0 Å². The lowest BCUT2D eigenvalue weighted by Crippen LogP contribution is -2.50. The number of aromatic nitrogens is 3. The average Bonchev–Trinajstić information content (AvgIpc) is 2.89. The van der Waals surface area contributed by atoms with Gasteiger partial charge in [-0.15, -0.1) is 0 Å². The minimum atomic E-state index is -0.540. The van der Waals surface area contributed by atoms with E-state index in [-0.39, 0.29) is 23.6 Å². The van der Waals surface area contributed by atoms with Gasteiger partial charge < -0.3 is 19.7 Å². The van der Waals surface area contributed by atoms with Crippen molar-refractivity contribution in [2.45, 2.75) is 31.8 Å². The predicted octanol–water partition coefficient (Wildman–Crippen LogP) is 3.44. The SMILES string of the molecule is COC(=O)c1c(OC)ccnc1N[C@@H]1CC[C@@H](C)N(C(=O)c2ccccc2-c2ncccn2)C1. The van der Waals surface area contributed by atoms with Crippen LogP contribution in [0.15, 0.2) is 55.0 Å². The van der Waals surface area contributed by atoms with E-state index >= 15 is 0 Å². The first-order valence-corrected chi connectivity index (χ1v) is 11.1. The van der Waals surface area contributed by atoms with Crippen molar-refractivity contribution in [1.82, 2.24) is 19.9 Å². The number of likely N-dealkylation sites (tertiary alicyclic amines) is 1. The number of carbonyl (C=O) groups is 2. The highest BCUT2D eigenvalue weighted by molar-refractivity contribution is 6.00. The van der Waals surface area contributed by atoms with Crippen molar-refractivity contribution in [2.24, 2.45) is 0 Å². The molecular weight excluding hydrogens is 434 g/mol. The second-order valence-electron chi connectivity index (χ2n) is 8.07. The molecule has 1 fully saturated rings. The molecule has 9 nitrogen and oxygen atoms in total. The third-order valence-electron chi connectivity index (χ3n) is 5.97. The van der Waals surface area contributed by atoms with Gasteiger partial charge in [-0.2, -0.15) is 0 Å². The molecule has 1 aliphatic heterocycles. The van der Waals surface area contributed by atoms with E-state index in [1.165, 1.54) is 14.2 Å². The Balaban J connectivity index is 1.59. The van der Waals surface area contributed by atoms with Crippen LogP contribution in [0.25, 0.3) is 11.4 Å². The quantitative estimate of drug-likeness (QED) is 0.557. The van der Waals surface area contributed by atoms with Crippen LogP contribution >= 0.6 is 0 Å². The number of carbonyl (C=O) groups excluding carboxylic acids is 2. The van der Waals surface area contributed by atoms with Crippen LogP contribution in [0.4, 0.5) is 5.82 Å². The fourth-order valence-electron chi connectivity index (χ4n) is 4.18. The van der Waals surface area contributed by atoms with Crippen LogP contribution in [0.5, 0.6) is 5.75 Å². The number of pyridine rings is 1. The minimum Gasteiger partial charge on any atom is -0.496 e. The maximum Gasteiger partial charge on any atom is 0.345 e. The van der Waals surface area contributed by atoms with Crippen LogP contribution in [-0.4, -0.2) is 64.6 Å². The molecule has 0 bridgehead atoms. The molecule has 0 saturated carbocycles. The van der Waals surface area contributed by atoms with Gasteiger partial charge in [0.1, 0.15) is 17.1 Å². The van der Waals surface area contributed by atoms with E-state index in [9.17, 15) is 9.59 Å². The highest BCUT2D eigenvalue weighted by Crippen LogP contribution is 2.29. The molecule has 3 aromatic rings. The van der Waals surface area contributed by atoms with Gasteiger partial charge in [0.15, 0.2) is 5.82 Å². The van der Waals surface area contributed by atoms with E-state index in [0.717, 1.165) is 12.8 Å². The zero-order chi connectivity index (χ0) is 24.1. The first-order chi connectivity index (χ1) is 16.5. The lowest BCUT2D eigenvalue weighted by atomic mass is 9.96. The zero-order valence-corrected chi connectivity index (χ0v) is 19.4. The number of nitrogens with zero attached hydrogens (tertiary/aromatic N) is 4. The summed E-state index contributed by atoms with van der Waals surface area (Å²) in [5.41, 5.74) is 1.48. The highest BCUT2D eigenvalue weighted by atomic mass is 16.5. The van der Waals surface area contributed by atoms with Crippen LogP contribution in [0.3, 0.4) is 0 Å². The molecule has 3 heterocycles. The summed E-state index contributed by atoms with van der Waals surface area (Å²) < 4.78 is 10.3. The van der Waals surface area contributed by atoms with Crippen molar-refractivity contribution >= 4 is 17.7 Å². The van der Waals surface area contributed by atoms with E-state index < -0.39 is 5.97 Å². The molecule has 34 heavy (non-hydrogen) atoms. The first-order valence-electron chi connectivity index (χ1n) is 11.1.